The number of phenols is 3. The molecule has 0 aliphatic carbocycles. The van der Waals surface area contributed by atoms with E-state index in [9.17, 15) is 15.3 Å². The number of phenolic OH excluding ortho intramolecular Hbond substituents is 3. The Morgan fingerprint density at radius 2 is 0.722 bits per heavy atom. The molecule has 0 heterocycles. The Bertz CT molecular complexity index is 1190. The van der Waals surface area contributed by atoms with Gasteiger partial charge in [0.2, 0.25) is 0 Å². The van der Waals surface area contributed by atoms with Crippen LogP contribution < -0.4 is 0 Å². The molecule has 2 unspecified atom stereocenters. The quantitative estimate of drug-likeness (QED) is 0.344. The standard InChI is InChI=1S/C33H44O3/c1-18-12-23(21(4)25-14-19(2)16-27(30(25)35)32(6,7)8)29(34)24(13-18)22(5)26-15-20(3)17-28(31(26)36)33(9,10)11/h12-17,21-22,34-36H,1-11H3. The topological polar surface area (TPSA) is 60.7 Å². The zero-order valence-corrected chi connectivity index (χ0v) is 24.0. The Kier molecular flexibility index (Phi) is 7.29. The van der Waals surface area contributed by atoms with E-state index in [0.29, 0.717) is 11.5 Å². The summed E-state index contributed by atoms with van der Waals surface area (Å²) in [7, 11) is 0. The first-order chi connectivity index (χ1) is 16.4. The number of hydrogen-bond acceptors (Lipinski definition) is 3. The van der Waals surface area contributed by atoms with Gasteiger partial charge in [-0.1, -0.05) is 108 Å². The van der Waals surface area contributed by atoms with Gasteiger partial charge in [-0.3, -0.25) is 0 Å². The van der Waals surface area contributed by atoms with Crippen LogP contribution in [0.3, 0.4) is 0 Å². The van der Waals surface area contributed by atoms with E-state index < -0.39 is 0 Å². The molecule has 0 saturated carbocycles. The molecule has 194 valence electrons. The van der Waals surface area contributed by atoms with Crippen LogP contribution in [0.1, 0.15) is 117 Å². The Morgan fingerprint density at radius 3 is 1.00 bits per heavy atom. The van der Waals surface area contributed by atoms with Gasteiger partial charge in [0.05, 0.1) is 0 Å². The van der Waals surface area contributed by atoms with Crippen LogP contribution >= 0.6 is 0 Å². The first-order valence-corrected chi connectivity index (χ1v) is 12.9. The van der Waals surface area contributed by atoms with Crippen LogP contribution in [0.15, 0.2) is 36.4 Å². The van der Waals surface area contributed by atoms with Gasteiger partial charge < -0.3 is 15.3 Å². The summed E-state index contributed by atoms with van der Waals surface area (Å²) in [6.45, 7) is 22.8. The molecule has 0 fully saturated rings. The summed E-state index contributed by atoms with van der Waals surface area (Å²) in [5.41, 5.74) is 7.79. The van der Waals surface area contributed by atoms with Gasteiger partial charge in [-0.25, -0.2) is 0 Å². The van der Waals surface area contributed by atoms with Crippen LogP contribution in [-0.2, 0) is 10.8 Å². The first kappa shape index (κ1) is 27.6. The molecule has 3 aromatic carbocycles. The van der Waals surface area contributed by atoms with Crippen molar-refractivity contribution < 1.29 is 15.3 Å². The van der Waals surface area contributed by atoms with Crippen LogP contribution in [0, 0.1) is 20.8 Å². The van der Waals surface area contributed by atoms with E-state index in [1.54, 1.807) is 0 Å². The highest BCUT2D eigenvalue weighted by Crippen LogP contribution is 2.46. The summed E-state index contributed by atoms with van der Waals surface area (Å²) in [4.78, 5) is 0. The van der Waals surface area contributed by atoms with Gasteiger partial charge in [0.25, 0.3) is 0 Å². The van der Waals surface area contributed by atoms with Crippen molar-refractivity contribution in [3.63, 3.8) is 0 Å². The Hall–Kier alpha value is -2.94. The van der Waals surface area contributed by atoms with Gasteiger partial charge in [-0.05, 0) is 42.7 Å². The average Bonchev–Trinajstić information content (AvgIpc) is 2.75. The molecule has 0 aliphatic rings. The summed E-state index contributed by atoms with van der Waals surface area (Å²) in [6, 6.07) is 12.1. The number of hydrogen-bond donors (Lipinski definition) is 3. The highest BCUT2D eigenvalue weighted by atomic mass is 16.3. The normalized spacial score (nSPS) is 14.1. The molecule has 0 aliphatic heterocycles. The van der Waals surface area contributed by atoms with E-state index in [0.717, 1.165) is 50.1 Å². The fourth-order valence-electron chi connectivity index (χ4n) is 5.25. The Morgan fingerprint density at radius 1 is 0.472 bits per heavy atom. The van der Waals surface area contributed by atoms with Crippen molar-refractivity contribution in [2.75, 3.05) is 0 Å². The lowest BCUT2D eigenvalue weighted by Crippen LogP contribution is -2.14. The van der Waals surface area contributed by atoms with Gasteiger partial charge in [-0.15, -0.1) is 0 Å². The molecular formula is C33H44O3. The third kappa shape index (κ3) is 5.26. The molecule has 36 heavy (non-hydrogen) atoms. The molecule has 0 amide bonds. The molecule has 3 aromatic rings. The fourth-order valence-corrected chi connectivity index (χ4v) is 5.25. The van der Waals surface area contributed by atoms with Crippen LogP contribution in [0.4, 0.5) is 0 Å². The van der Waals surface area contributed by atoms with Crippen LogP contribution in [0.5, 0.6) is 17.2 Å². The second kappa shape index (κ2) is 9.50. The Balaban J connectivity index is 2.19. The maximum Gasteiger partial charge on any atom is 0.123 e. The summed E-state index contributed by atoms with van der Waals surface area (Å²) < 4.78 is 0. The minimum absolute atomic E-state index is 0.202. The maximum absolute atomic E-state index is 11.6. The summed E-state index contributed by atoms with van der Waals surface area (Å²) in [5, 5.41) is 34.1. The minimum Gasteiger partial charge on any atom is -0.507 e. The molecule has 0 spiro atoms. The fraction of sp³-hybridized carbons (Fsp3) is 0.455. The highest BCUT2D eigenvalue weighted by molar-refractivity contribution is 5.58. The lowest BCUT2D eigenvalue weighted by Gasteiger charge is -2.27. The summed E-state index contributed by atoms with van der Waals surface area (Å²) >= 11 is 0. The van der Waals surface area contributed by atoms with Crippen LogP contribution in [0.2, 0.25) is 0 Å². The van der Waals surface area contributed by atoms with Gasteiger partial charge in [0.1, 0.15) is 17.2 Å². The number of rotatable bonds is 4. The van der Waals surface area contributed by atoms with Gasteiger partial charge in [0, 0.05) is 34.1 Å². The molecule has 3 heteroatoms. The van der Waals surface area contributed by atoms with Gasteiger partial charge >= 0.3 is 0 Å². The molecule has 3 N–H and O–H groups in total. The van der Waals surface area contributed by atoms with Crippen LogP contribution in [-0.4, -0.2) is 15.3 Å². The highest BCUT2D eigenvalue weighted by Gasteiger charge is 2.28. The summed E-state index contributed by atoms with van der Waals surface area (Å²) in [5.74, 6) is 0.378. The van der Waals surface area contributed by atoms with Crippen molar-refractivity contribution in [1.29, 1.82) is 0 Å². The van der Waals surface area contributed by atoms with Crippen molar-refractivity contribution in [3.05, 3.63) is 86.5 Å². The predicted octanol–water partition coefficient (Wildman–Crippen LogP) is 8.63. The van der Waals surface area contributed by atoms with Crippen molar-refractivity contribution in [3.8, 4) is 17.2 Å². The van der Waals surface area contributed by atoms with Crippen molar-refractivity contribution >= 4 is 0 Å². The van der Waals surface area contributed by atoms with E-state index in [4.69, 9.17) is 0 Å². The van der Waals surface area contributed by atoms with Gasteiger partial charge in [0.15, 0.2) is 0 Å². The monoisotopic (exact) mass is 488 g/mol. The Labute approximate surface area is 217 Å². The molecule has 3 rings (SSSR count). The van der Waals surface area contributed by atoms with E-state index in [1.807, 2.05) is 71.0 Å². The lowest BCUT2D eigenvalue weighted by molar-refractivity contribution is 0.432. The minimum atomic E-state index is -0.215. The molecule has 0 radical (unpaired) electrons. The van der Waals surface area contributed by atoms with Crippen LogP contribution in [0.25, 0.3) is 0 Å². The summed E-state index contributed by atoms with van der Waals surface area (Å²) in [6.07, 6.45) is 0. The molecule has 2 atom stereocenters. The van der Waals surface area contributed by atoms with E-state index in [1.165, 1.54) is 0 Å². The molecule has 0 saturated heterocycles. The van der Waals surface area contributed by atoms with Gasteiger partial charge in [-0.2, -0.15) is 0 Å². The average molecular weight is 489 g/mol. The maximum atomic E-state index is 11.6. The third-order valence-electron chi connectivity index (χ3n) is 7.36. The van der Waals surface area contributed by atoms with E-state index >= 15 is 0 Å². The third-order valence-corrected chi connectivity index (χ3v) is 7.36. The number of benzene rings is 3. The van der Waals surface area contributed by atoms with Crippen molar-refractivity contribution in [2.24, 2.45) is 0 Å². The van der Waals surface area contributed by atoms with E-state index in [2.05, 4.69) is 41.5 Å². The SMILES string of the molecule is Cc1cc(C(C)c2cc(C)cc(C(C)(C)C)c2O)c(O)c(C(C)c2cc(C)cc(C(C)(C)C)c2O)c1. The van der Waals surface area contributed by atoms with Crippen molar-refractivity contribution in [1.82, 2.24) is 0 Å². The second-order valence-electron chi connectivity index (χ2n) is 12.7. The van der Waals surface area contributed by atoms with Crippen molar-refractivity contribution in [2.45, 2.75) is 98.8 Å². The lowest BCUT2D eigenvalue weighted by atomic mass is 9.79. The number of aromatic hydroxyl groups is 3. The predicted molar refractivity (Wildman–Crippen MR) is 151 cm³/mol. The van der Waals surface area contributed by atoms with E-state index in [-0.39, 0.29) is 28.4 Å². The first-order valence-electron chi connectivity index (χ1n) is 12.9. The molecule has 3 nitrogen and oxygen atoms in total. The largest absolute Gasteiger partial charge is 0.507 e. The molecule has 0 aromatic heterocycles. The molecule has 0 bridgehead atoms. The second-order valence-corrected chi connectivity index (χ2v) is 12.7. The smallest absolute Gasteiger partial charge is 0.123 e. The zero-order chi connectivity index (χ0) is 27.3. The molecular weight excluding hydrogens is 444 g/mol. The zero-order valence-electron chi connectivity index (χ0n) is 24.0. The number of aryl methyl sites for hydroxylation is 3.